The van der Waals surface area contributed by atoms with E-state index in [1.54, 1.807) is 11.3 Å². The molecule has 1 N–H and O–H groups in total. The van der Waals surface area contributed by atoms with Crippen LogP contribution in [0.2, 0.25) is 0 Å². The van der Waals surface area contributed by atoms with Gasteiger partial charge in [0.15, 0.2) is 5.78 Å². The molecule has 0 saturated carbocycles. The van der Waals surface area contributed by atoms with Crippen LogP contribution in [0.15, 0.2) is 72.1 Å². The molecular formula is C20H15NOS. The fourth-order valence-corrected chi connectivity index (χ4v) is 3.58. The van der Waals surface area contributed by atoms with Gasteiger partial charge in [0.1, 0.15) is 0 Å². The van der Waals surface area contributed by atoms with Gasteiger partial charge in [-0.2, -0.15) is 0 Å². The molecule has 0 bridgehead atoms. The highest BCUT2D eigenvalue weighted by Crippen LogP contribution is 2.36. The van der Waals surface area contributed by atoms with Crippen LogP contribution in [-0.2, 0) is 6.54 Å². The Balaban J connectivity index is 1.80. The number of rotatable bonds is 4. The number of fused-ring (bicyclic) bond motifs is 1. The molecule has 2 aromatic carbocycles. The summed E-state index contributed by atoms with van der Waals surface area (Å²) in [6, 6.07) is 21.8. The molecule has 1 aromatic heterocycles. The molecule has 0 fully saturated rings. The molecule has 1 heterocycles. The lowest BCUT2D eigenvalue weighted by molar-refractivity contribution is 0.105. The van der Waals surface area contributed by atoms with Crippen molar-refractivity contribution in [1.82, 2.24) is 5.32 Å². The first-order valence-corrected chi connectivity index (χ1v) is 8.42. The molecule has 0 unspecified atom stereocenters. The number of Topliss-reactive ketones (excluding diaryl/α,β-unsaturated/α-hetero) is 1. The van der Waals surface area contributed by atoms with E-state index in [-0.39, 0.29) is 5.78 Å². The second-order valence-electron chi connectivity index (χ2n) is 5.42. The molecule has 0 amide bonds. The summed E-state index contributed by atoms with van der Waals surface area (Å²) in [5.41, 5.74) is 4.43. The number of allylic oxidation sites excluding steroid dienone is 1. The number of thiophene rings is 1. The minimum atomic E-state index is 0.0977. The van der Waals surface area contributed by atoms with Crippen LogP contribution in [0.1, 0.15) is 26.4 Å². The first-order valence-electron chi connectivity index (χ1n) is 7.54. The summed E-state index contributed by atoms with van der Waals surface area (Å²) in [4.78, 5) is 14.1. The van der Waals surface area contributed by atoms with E-state index in [2.05, 4.69) is 16.8 Å². The Kier molecular flexibility index (Phi) is 3.56. The first kappa shape index (κ1) is 14.0. The Morgan fingerprint density at radius 3 is 2.30 bits per heavy atom. The van der Waals surface area contributed by atoms with Crippen LogP contribution in [-0.4, -0.2) is 5.78 Å². The van der Waals surface area contributed by atoms with Crippen molar-refractivity contribution in [3.05, 3.63) is 93.7 Å². The lowest BCUT2D eigenvalue weighted by atomic mass is 10.0. The summed E-state index contributed by atoms with van der Waals surface area (Å²) in [7, 11) is 0. The third-order valence-electron chi connectivity index (χ3n) is 4.00. The molecular weight excluding hydrogens is 302 g/mol. The fourth-order valence-electron chi connectivity index (χ4n) is 2.93. The summed E-state index contributed by atoms with van der Waals surface area (Å²) in [6.07, 6.45) is 0. The zero-order valence-electron chi connectivity index (χ0n) is 12.5. The van der Waals surface area contributed by atoms with Gasteiger partial charge in [0.05, 0.1) is 11.3 Å². The standard InChI is InChI=1S/C20H15NOS/c22-20-17-11-5-4-10-16(17)19(21-13-15-9-6-12-23-15)18(20)14-7-2-1-3-8-14/h1-12,21H,13H2. The summed E-state index contributed by atoms with van der Waals surface area (Å²) < 4.78 is 0. The van der Waals surface area contributed by atoms with Gasteiger partial charge in [0.2, 0.25) is 0 Å². The van der Waals surface area contributed by atoms with E-state index in [1.807, 2.05) is 60.7 Å². The molecule has 0 radical (unpaired) electrons. The molecule has 112 valence electrons. The third-order valence-corrected chi connectivity index (χ3v) is 4.88. The second kappa shape index (κ2) is 5.86. The number of carbonyl (C=O) groups excluding carboxylic acids is 1. The lowest BCUT2D eigenvalue weighted by Gasteiger charge is -2.10. The first-order chi connectivity index (χ1) is 11.3. The highest BCUT2D eigenvalue weighted by Gasteiger charge is 2.30. The number of ketones is 1. The van der Waals surface area contributed by atoms with Crippen molar-refractivity contribution in [3.8, 4) is 0 Å². The van der Waals surface area contributed by atoms with E-state index in [4.69, 9.17) is 0 Å². The van der Waals surface area contributed by atoms with Gasteiger partial charge in [-0.1, -0.05) is 60.7 Å². The maximum Gasteiger partial charge on any atom is 0.196 e. The third kappa shape index (κ3) is 2.49. The maximum absolute atomic E-state index is 12.9. The van der Waals surface area contributed by atoms with E-state index < -0.39 is 0 Å². The molecule has 0 atom stereocenters. The summed E-state index contributed by atoms with van der Waals surface area (Å²) in [5.74, 6) is 0.0977. The van der Waals surface area contributed by atoms with Crippen LogP contribution in [0.25, 0.3) is 11.3 Å². The van der Waals surface area contributed by atoms with E-state index in [9.17, 15) is 4.79 Å². The van der Waals surface area contributed by atoms with Crippen LogP contribution in [0, 0.1) is 0 Å². The topological polar surface area (TPSA) is 29.1 Å². The highest BCUT2D eigenvalue weighted by atomic mass is 32.1. The van der Waals surface area contributed by atoms with Crippen molar-refractivity contribution in [2.45, 2.75) is 6.54 Å². The number of benzene rings is 2. The average molecular weight is 317 g/mol. The van der Waals surface area contributed by atoms with Gasteiger partial charge in [0.25, 0.3) is 0 Å². The van der Waals surface area contributed by atoms with E-state index in [0.717, 1.165) is 34.5 Å². The van der Waals surface area contributed by atoms with Crippen molar-refractivity contribution in [2.24, 2.45) is 0 Å². The van der Waals surface area contributed by atoms with Crippen LogP contribution >= 0.6 is 11.3 Å². The molecule has 1 aliphatic carbocycles. The fraction of sp³-hybridized carbons (Fsp3) is 0.0500. The van der Waals surface area contributed by atoms with Crippen LogP contribution in [0.3, 0.4) is 0 Å². The molecule has 1 aliphatic rings. The Morgan fingerprint density at radius 1 is 0.826 bits per heavy atom. The van der Waals surface area contributed by atoms with Crippen molar-refractivity contribution in [2.75, 3.05) is 0 Å². The quantitative estimate of drug-likeness (QED) is 0.762. The van der Waals surface area contributed by atoms with E-state index in [0.29, 0.717) is 0 Å². The highest BCUT2D eigenvalue weighted by molar-refractivity contribution is 7.09. The molecule has 0 saturated heterocycles. The minimum absolute atomic E-state index is 0.0977. The minimum Gasteiger partial charge on any atom is -0.379 e. The van der Waals surface area contributed by atoms with Gasteiger partial charge in [0, 0.05) is 22.5 Å². The van der Waals surface area contributed by atoms with Crippen LogP contribution < -0.4 is 5.32 Å². The van der Waals surface area contributed by atoms with Gasteiger partial charge >= 0.3 is 0 Å². The Morgan fingerprint density at radius 2 is 1.57 bits per heavy atom. The number of nitrogens with one attached hydrogen (secondary N) is 1. The largest absolute Gasteiger partial charge is 0.379 e. The van der Waals surface area contributed by atoms with Crippen LogP contribution in [0.5, 0.6) is 0 Å². The zero-order valence-corrected chi connectivity index (χ0v) is 13.3. The van der Waals surface area contributed by atoms with Crippen molar-refractivity contribution in [1.29, 1.82) is 0 Å². The Labute approximate surface area is 139 Å². The van der Waals surface area contributed by atoms with Gasteiger partial charge in [-0.15, -0.1) is 11.3 Å². The molecule has 0 aliphatic heterocycles. The maximum atomic E-state index is 12.9. The van der Waals surface area contributed by atoms with E-state index in [1.165, 1.54) is 4.88 Å². The zero-order chi connectivity index (χ0) is 15.6. The van der Waals surface area contributed by atoms with Crippen molar-refractivity contribution in [3.63, 3.8) is 0 Å². The molecule has 23 heavy (non-hydrogen) atoms. The second-order valence-corrected chi connectivity index (χ2v) is 6.46. The monoisotopic (exact) mass is 317 g/mol. The summed E-state index contributed by atoms with van der Waals surface area (Å²) >= 11 is 1.72. The van der Waals surface area contributed by atoms with Gasteiger partial charge in [-0.3, -0.25) is 4.79 Å². The summed E-state index contributed by atoms with van der Waals surface area (Å²) in [5, 5.41) is 5.56. The summed E-state index contributed by atoms with van der Waals surface area (Å²) in [6.45, 7) is 0.727. The van der Waals surface area contributed by atoms with E-state index >= 15 is 0 Å². The molecule has 4 rings (SSSR count). The smallest absolute Gasteiger partial charge is 0.196 e. The van der Waals surface area contributed by atoms with Gasteiger partial charge in [-0.05, 0) is 17.0 Å². The molecule has 3 aromatic rings. The predicted octanol–water partition coefficient (Wildman–Crippen LogP) is 4.60. The number of carbonyl (C=O) groups is 1. The van der Waals surface area contributed by atoms with Gasteiger partial charge in [-0.25, -0.2) is 0 Å². The normalized spacial score (nSPS) is 13.3. The SMILES string of the molecule is O=C1C(c2ccccc2)=C(NCc2cccs2)c2ccccc21. The number of hydrogen-bond acceptors (Lipinski definition) is 3. The molecule has 3 heteroatoms. The van der Waals surface area contributed by atoms with Crippen molar-refractivity contribution < 1.29 is 4.79 Å². The van der Waals surface area contributed by atoms with Crippen molar-refractivity contribution >= 4 is 28.4 Å². The predicted molar refractivity (Wildman–Crippen MR) is 95.2 cm³/mol. The lowest BCUT2D eigenvalue weighted by Crippen LogP contribution is -2.11. The number of hydrogen-bond donors (Lipinski definition) is 1. The van der Waals surface area contributed by atoms with Crippen LogP contribution in [0.4, 0.5) is 0 Å². The average Bonchev–Trinajstić information content (AvgIpc) is 3.21. The van der Waals surface area contributed by atoms with Gasteiger partial charge < -0.3 is 5.32 Å². The Hall–Kier alpha value is -2.65. The molecule has 0 spiro atoms. The Bertz CT molecular complexity index is 879. The molecule has 2 nitrogen and oxygen atoms in total.